The van der Waals surface area contributed by atoms with E-state index in [4.69, 9.17) is 4.74 Å². The number of nitrogens with zero attached hydrogens (tertiary/aromatic N) is 2. The Bertz CT molecular complexity index is 641. The smallest absolute Gasteiger partial charge is 0.212 e. The molecule has 0 aliphatic carbocycles. The van der Waals surface area contributed by atoms with Crippen LogP contribution in [0.15, 0.2) is 36.8 Å². The van der Waals surface area contributed by atoms with E-state index in [-0.39, 0.29) is 0 Å². The molecule has 4 heteroatoms. The lowest BCUT2D eigenvalue weighted by atomic mass is 9.84. The van der Waals surface area contributed by atoms with E-state index < -0.39 is 0 Å². The van der Waals surface area contributed by atoms with Crippen molar-refractivity contribution in [3.8, 4) is 17.0 Å². The fourth-order valence-electron chi connectivity index (χ4n) is 3.68. The van der Waals surface area contributed by atoms with Crippen LogP contribution in [0.2, 0.25) is 0 Å². The van der Waals surface area contributed by atoms with Gasteiger partial charge < -0.3 is 10.1 Å². The molecule has 4 nitrogen and oxygen atoms in total. The number of rotatable bonds is 3. The lowest BCUT2D eigenvalue weighted by Gasteiger charge is -2.20. The Morgan fingerprint density at radius 2 is 2.10 bits per heavy atom. The minimum atomic E-state index is 0.613. The van der Waals surface area contributed by atoms with Crippen molar-refractivity contribution >= 4 is 0 Å². The van der Waals surface area contributed by atoms with Crippen LogP contribution in [0.1, 0.15) is 30.7 Å². The molecular formula is C17H19N3O. The quantitative estimate of drug-likeness (QED) is 0.939. The van der Waals surface area contributed by atoms with Crippen LogP contribution in [-0.2, 0) is 0 Å². The summed E-state index contributed by atoms with van der Waals surface area (Å²) in [7, 11) is 1.63. The summed E-state index contributed by atoms with van der Waals surface area (Å²) < 4.78 is 5.11. The summed E-state index contributed by atoms with van der Waals surface area (Å²) in [5, 5.41) is 3.69. The van der Waals surface area contributed by atoms with Gasteiger partial charge in [-0.2, -0.15) is 0 Å². The monoisotopic (exact) mass is 281 g/mol. The van der Waals surface area contributed by atoms with E-state index in [0.717, 1.165) is 11.1 Å². The highest BCUT2D eigenvalue weighted by molar-refractivity contribution is 5.62. The largest absolute Gasteiger partial charge is 0.481 e. The van der Waals surface area contributed by atoms with E-state index in [0.29, 0.717) is 23.9 Å². The molecule has 2 aliphatic rings. The lowest BCUT2D eigenvalue weighted by Crippen LogP contribution is -2.21. The molecule has 3 atom stereocenters. The lowest BCUT2D eigenvalue weighted by molar-refractivity contribution is 0.398. The van der Waals surface area contributed by atoms with Crippen molar-refractivity contribution in [2.45, 2.75) is 37.3 Å². The highest BCUT2D eigenvalue weighted by Crippen LogP contribution is 2.40. The number of ether oxygens (including phenoxy) is 1. The number of nitrogens with one attached hydrogen (secondary N) is 1. The maximum Gasteiger partial charge on any atom is 0.212 e. The molecule has 0 spiro atoms. The molecule has 4 rings (SSSR count). The molecule has 2 bridgehead atoms. The predicted molar refractivity (Wildman–Crippen MR) is 81.3 cm³/mol. The first-order chi connectivity index (χ1) is 10.3. The highest BCUT2D eigenvalue weighted by Gasteiger charge is 2.39. The van der Waals surface area contributed by atoms with Gasteiger partial charge in [-0.05, 0) is 37.0 Å². The topological polar surface area (TPSA) is 47.0 Å². The van der Waals surface area contributed by atoms with Gasteiger partial charge in [0.1, 0.15) is 0 Å². The number of fused-ring (bicyclic) bond motifs is 2. The van der Waals surface area contributed by atoms with E-state index in [1.807, 2.05) is 30.7 Å². The summed E-state index contributed by atoms with van der Waals surface area (Å²) in [5.41, 5.74) is 3.56. The normalized spacial score (nSPS) is 27.0. The summed E-state index contributed by atoms with van der Waals surface area (Å²) in [6.45, 7) is 0. The van der Waals surface area contributed by atoms with Crippen LogP contribution in [0.4, 0.5) is 0 Å². The molecule has 1 N–H and O–H groups in total. The van der Waals surface area contributed by atoms with Gasteiger partial charge in [0.05, 0.1) is 7.11 Å². The van der Waals surface area contributed by atoms with Gasteiger partial charge in [-0.25, -0.2) is 4.98 Å². The van der Waals surface area contributed by atoms with Gasteiger partial charge in [0.2, 0.25) is 5.88 Å². The van der Waals surface area contributed by atoms with Gasteiger partial charge in [-0.15, -0.1) is 0 Å². The number of hydrogen-bond donors (Lipinski definition) is 1. The average Bonchev–Trinajstić information content (AvgIpc) is 3.18. The molecule has 2 aliphatic heterocycles. The van der Waals surface area contributed by atoms with Crippen molar-refractivity contribution in [2.24, 2.45) is 0 Å². The molecule has 2 fully saturated rings. The van der Waals surface area contributed by atoms with Gasteiger partial charge in [-0.3, -0.25) is 4.98 Å². The standard InChI is InChI=1S/C17H19N3O/c1-21-17-5-2-11(10-19-17)12-6-13(9-18-8-12)15-7-14-3-4-16(15)20-14/h2,5-6,8-10,14-16,20H,3-4,7H2,1H3/t14-,15-,16-/m1/s1. The average molecular weight is 281 g/mol. The Kier molecular flexibility index (Phi) is 3.11. The fourth-order valence-corrected chi connectivity index (χ4v) is 3.68. The molecule has 0 unspecified atom stereocenters. The fraction of sp³-hybridized carbons (Fsp3) is 0.412. The van der Waals surface area contributed by atoms with E-state index >= 15 is 0 Å². The first-order valence-corrected chi connectivity index (χ1v) is 7.55. The summed E-state index contributed by atoms with van der Waals surface area (Å²) >= 11 is 0. The van der Waals surface area contributed by atoms with E-state index in [1.54, 1.807) is 7.11 Å². The van der Waals surface area contributed by atoms with E-state index in [2.05, 4.69) is 21.4 Å². The number of aromatic nitrogens is 2. The second kappa shape index (κ2) is 5.11. The number of pyridine rings is 2. The summed E-state index contributed by atoms with van der Waals surface area (Å²) in [6, 6.07) is 7.54. The van der Waals surface area contributed by atoms with Crippen molar-refractivity contribution in [2.75, 3.05) is 7.11 Å². The minimum absolute atomic E-state index is 0.613. The van der Waals surface area contributed by atoms with Crippen molar-refractivity contribution in [1.82, 2.24) is 15.3 Å². The first-order valence-electron chi connectivity index (χ1n) is 7.55. The van der Waals surface area contributed by atoms with Gasteiger partial charge in [0.15, 0.2) is 0 Å². The first kappa shape index (κ1) is 12.8. The maximum atomic E-state index is 5.11. The molecule has 2 aromatic heterocycles. The molecule has 21 heavy (non-hydrogen) atoms. The summed E-state index contributed by atoms with van der Waals surface area (Å²) in [4.78, 5) is 8.72. The third-order valence-corrected chi connectivity index (χ3v) is 4.77. The van der Waals surface area contributed by atoms with E-state index in [9.17, 15) is 0 Å². The van der Waals surface area contributed by atoms with Crippen LogP contribution < -0.4 is 10.1 Å². The second-order valence-corrected chi connectivity index (χ2v) is 5.99. The minimum Gasteiger partial charge on any atom is -0.481 e. The van der Waals surface area contributed by atoms with Crippen molar-refractivity contribution in [1.29, 1.82) is 0 Å². The predicted octanol–water partition coefficient (Wildman–Crippen LogP) is 2.76. The second-order valence-electron chi connectivity index (χ2n) is 5.99. The molecule has 2 saturated heterocycles. The van der Waals surface area contributed by atoms with E-state index in [1.165, 1.54) is 24.8 Å². The van der Waals surface area contributed by atoms with Crippen molar-refractivity contribution in [3.05, 3.63) is 42.4 Å². The van der Waals surface area contributed by atoms with Gasteiger partial charge in [-0.1, -0.05) is 0 Å². The Morgan fingerprint density at radius 3 is 2.76 bits per heavy atom. The van der Waals surface area contributed by atoms with Crippen LogP contribution in [-0.4, -0.2) is 29.2 Å². The SMILES string of the molecule is COc1ccc(-c2cncc([C@H]3C[C@H]4CC[C@H]3N4)c2)cn1. The Hall–Kier alpha value is -1.94. The number of hydrogen-bond acceptors (Lipinski definition) is 4. The van der Waals surface area contributed by atoms with Crippen molar-refractivity contribution < 1.29 is 4.74 Å². The molecule has 108 valence electrons. The highest BCUT2D eigenvalue weighted by atomic mass is 16.5. The van der Waals surface area contributed by atoms with Crippen LogP contribution in [0.25, 0.3) is 11.1 Å². The summed E-state index contributed by atoms with van der Waals surface area (Å²) in [5.74, 6) is 1.25. The Balaban J connectivity index is 1.63. The molecule has 2 aromatic rings. The maximum absolute atomic E-state index is 5.11. The molecule has 0 radical (unpaired) electrons. The number of methoxy groups -OCH3 is 1. The third kappa shape index (κ3) is 2.29. The molecule has 0 saturated carbocycles. The van der Waals surface area contributed by atoms with Crippen LogP contribution in [0.5, 0.6) is 5.88 Å². The third-order valence-electron chi connectivity index (χ3n) is 4.77. The molecule has 4 heterocycles. The van der Waals surface area contributed by atoms with Crippen LogP contribution in [0.3, 0.4) is 0 Å². The zero-order valence-electron chi connectivity index (χ0n) is 12.1. The zero-order chi connectivity index (χ0) is 14.2. The Labute approximate surface area is 124 Å². The summed E-state index contributed by atoms with van der Waals surface area (Å²) in [6.07, 6.45) is 9.65. The van der Waals surface area contributed by atoms with Crippen molar-refractivity contribution in [3.63, 3.8) is 0 Å². The van der Waals surface area contributed by atoms with Crippen LogP contribution in [0, 0.1) is 0 Å². The molecule has 0 aromatic carbocycles. The molecular weight excluding hydrogens is 262 g/mol. The van der Waals surface area contributed by atoms with Gasteiger partial charge >= 0.3 is 0 Å². The zero-order valence-corrected chi connectivity index (χ0v) is 12.1. The van der Waals surface area contributed by atoms with Gasteiger partial charge in [0, 0.05) is 53.8 Å². The van der Waals surface area contributed by atoms with Crippen LogP contribution >= 0.6 is 0 Å². The molecule has 0 amide bonds. The van der Waals surface area contributed by atoms with Gasteiger partial charge in [0.25, 0.3) is 0 Å². The Morgan fingerprint density at radius 1 is 1.14 bits per heavy atom.